The third-order valence-corrected chi connectivity index (χ3v) is 5.18. The Kier molecular flexibility index (Phi) is 8.64. The van der Waals surface area contributed by atoms with Gasteiger partial charge in [0.05, 0.1) is 17.2 Å². The summed E-state index contributed by atoms with van der Waals surface area (Å²) in [6, 6.07) is 4.69. The van der Waals surface area contributed by atoms with Crippen molar-refractivity contribution in [3.63, 3.8) is 0 Å². The SMILES string of the molecule is Cl.Cl.FC(F)(F)c1cc([C@H](c2cccs2)N2CCNCC2)cc(C(F)(F)F)c1. The van der Waals surface area contributed by atoms with E-state index in [2.05, 4.69) is 5.32 Å². The molecule has 2 heterocycles. The van der Waals surface area contributed by atoms with Crippen molar-refractivity contribution in [3.8, 4) is 0 Å². The van der Waals surface area contributed by atoms with Crippen molar-refractivity contribution in [3.05, 3.63) is 57.3 Å². The van der Waals surface area contributed by atoms with Crippen LogP contribution in [0.2, 0.25) is 0 Å². The minimum absolute atomic E-state index is 0. The Hall–Kier alpha value is -1.00. The van der Waals surface area contributed by atoms with E-state index >= 15 is 0 Å². The van der Waals surface area contributed by atoms with Gasteiger partial charge in [0.1, 0.15) is 0 Å². The maximum Gasteiger partial charge on any atom is 0.416 e. The second-order valence-corrected chi connectivity index (χ2v) is 7.02. The number of benzene rings is 1. The van der Waals surface area contributed by atoms with E-state index in [1.807, 2.05) is 4.90 Å². The topological polar surface area (TPSA) is 15.3 Å². The smallest absolute Gasteiger partial charge is 0.314 e. The van der Waals surface area contributed by atoms with Gasteiger partial charge >= 0.3 is 12.4 Å². The number of hydrogen-bond acceptors (Lipinski definition) is 3. The fraction of sp³-hybridized carbons (Fsp3) is 0.412. The van der Waals surface area contributed by atoms with Crippen molar-refractivity contribution in [2.24, 2.45) is 0 Å². The molecule has 158 valence electrons. The minimum Gasteiger partial charge on any atom is -0.314 e. The molecule has 1 aliphatic rings. The summed E-state index contributed by atoms with van der Waals surface area (Å²) in [5.74, 6) is 0. The standard InChI is InChI=1S/C17H16F6N2S.2ClH/c18-16(19,20)12-8-11(9-13(10-12)17(21,22)23)15(14-2-1-7-26-14)25-5-3-24-4-6-25;;/h1-2,7-10,15,24H,3-6H2;2*1H/t15-;;/m1../s1. The molecule has 1 atom stereocenters. The highest BCUT2D eigenvalue weighted by molar-refractivity contribution is 7.10. The molecule has 0 spiro atoms. The fourth-order valence-electron chi connectivity index (χ4n) is 3.08. The van der Waals surface area contributed by atoms with Crippen LogP contribution in [0.5, 0.6) is 0 Å². The van der Waals surface area contributed by atoms with Crippen LogP contribution >= 0.6 is 36.2 Å². The van der Waals surface area contributed by atoms with Crippen LogP contribution in [-0.4, -0.2) is 31.1 Å². The van der Waals surface area contributed by atoms with Gasteiger partial charge in [0, 0.05) is 31.1 Å². The number of hydrogen-bond donors (Lipinski definition) is 1. The molecule has 1 N–H and O–H groups in total. The highest BCUT2D eigenvalue weighted by Gasteiger charge is 2.38. The summed E-state index contributed by atoms with van der Waals surface area (Å²) in [7, 11) is 0. The lowest BCUT2D eigenvalue weighted by atomic mass is 9.97. The molecule has 2 nitrogen and oxygen atoms in total. The predicted octanol–water partition coefficient (Wildman–Crippen LogP) is 5.62. The van der Waals surface area contributed by atoms with E-state index in [1.165, 1.54) is 11.3 Å². The highest BCUT2D eigenvalue weighted by Crippen LogP contribution is 2.40. The van der Waals surface area contributed by atoms with Crippen LogP contribution in [0.4, 0.5) is 26.3 Å². The first-order chi connectivity index (χ1) is 12.2. The van der Waals surface area contributed by atoms with Gasteiger partial charge in [0.25, 0.3) is 0 Å². The van der Waals surface area contributed by atoms with E-state index in [0.717, 1.165) is 17.0 Å². The summed E-state index contributed by atoms with van der Waals surface area (Å²) in [6.45, 7) is 2.35. The Morgan fingerprint density at radius 1 is 0.893 bits per heavy atom. The van der Waals surface area contributed by atoms with Gasteiger partial charge in [-0.2, -0.15) is 26.3 Å². The largest absolute Gasteiger partial charge is 0.416 e. The fourth-order valence-corrected chi connectivity index (χ4v) is 3.96. The molecule has 0 saturated carbocycles. The number of alkyl halides is 6. The van der Waals surface area contributed by atoms with Crippen LogP contribution in [-0.2, 0) is 12.4 Å². The first-order valence-corrected chi connectivity index (χ1v) is 8.82. The molecule has 1 aliphatic heterocycles. The summed E-state index contributed by atoms with van der Waals surface area (Å²) in [6.07, 6.45) is -9.70. The number of nitrogens with one attached hydrogen (secondary N) is 1. The maximum atomic E-state index is 13.2. The van der Waals surface area contributed by atoms with Crippen LogP contribution in [0.25, 0.3) is 0 Å². The maximum absolute atomic E-state index is 13.2. The van der Waals surface area contributed by atoms with Crippen LogP contribution in [0.3, 0.4) is 0 Å². The summed E-state index contributed by atoms with van der Waals surface area (Å²) in [5.41, 5.74) is -2.55. The predicted molar refractivity (Wildman–Crippen MR) is 102 cm³/mol. The van der Waals surface area contributed by atoms with E-state index in [0.29, 0.717) is 26.2 Å². The van der Waals surface area contributed by atoms with Gasteiger partial charge in [-0.15, -0.1) is 36.2 Å². The first kappa shape index (κ1) is 25.0. The van der Waals surface area contributed by atoms with Gasteiger partial charge in [-0.05, 0) is 35.2 Å². The monoisotopic (exact) mass is 466 g/mol. The zero-order valence-electron chi connectivity index (χ0n) is 14.3. The van der Waals surface area contributed by atoms with E-state index in [-0.39, 0.29) is 36.4 Å². The first-order valence-electron chi connectivity index (χ1n) is 7.94. The van der Waals surface area contributed by atoms with E-state index < -0.39 is 29.5 Å². The molecule has 3 rings (SSSR count). The van der Waals surface area contributed by atoms with Gasteiger partial charge < -0.3 is 5.32 Å². The molecule has 0 aliphatic carbocycles. The van der Waals surface area contributed by atoms with Crippen LogP contribution < -0.4 is 5.32 Å². The van der Waals surface area contributed by atoms with Crippen molar-refractivity contribution in [1.29, 1.82) is 0 Å². The number of nitrogens with zero attached hydrogens (tertiary/aromatic N) is 1. The Labute approximate surface area is 174 Å². The zero-order valence-corrected chi connectivity index (χ0v) is 16.8. The molecule has 1 aromatic heterocycles. The van der Waals surface area contributed by atoms with Gasteiger partial charge in [0.2, 0.25) is 0 Å². The van der Waals surface area contributed by atoms with E-state index in [4.69, 9.17) is 0 Å². The zero-order chi connectivity index (χ0) is 18.9. The molecule has 2 aromatic rings. The van der Waals surface area contributed by atoms with Gasteiger partial charge in [-0.1, -0.05) is 6.07 Å². The van der Waals surface area contributed by atoms with Crippen LogP contribution in [0, 0.1) is 0 Å². The Morgan fingerprint density at radius 2 is 1.43 bits per heavy atom. The molecule has 0 bridgehead atoms. The Bertz CT molecular complexity index is 711. The van der Waals surface area contributed by atoms with Gasteiger partial charge in [0.15, 0.2) is 0 Å². The van der Waals surface area contributed by atoms with Crippen molar-refractivity contribution in [2.75, 3.05) is 26.2 Å². The lowest BCUT2D eigenvalue weighted by Gasteiger charge is -2.35. The number of halogens is 8. The second-order valence-electron chi connectivity index (χ2n) is 6.04. The van der Waals surface area contributed by atoms with Crippen molar-refractivity contribution >= 4 is 36.2 Å². The number of thiophene rings is 1. The summed E-state index contributed by atoms with van der Waals surface area (Å²) >= 11 is 1.32. The summed E-state index contributed by atoms with van der Waals surface area (Å²) < 4.78 is 79.2. The highest BCUT2D eigenvalue weighted by atomic mass is 35.5. The third-order valence-electron chi connectivity index (χ3n) is 4.26. The average Bonchev–Trinajstić information content (AvgIpc) is 3.08. The molecule has 0 radical (unpaired) electrons. The Morgan fingerprint density at radius 3 is 1.86 bits per heavy atom. The van der Waals surface area contributed by atoms with E-state index in [1.54, 1.807) is 17.5 Å². The molecular formula is C17H18Cl2F6N2S. The van der Waals surface area contributed by atoms with Gasteiger partial charge in [-0.3, -0.25) is 4.90 Å². The minimum atomic E-state index is -4.85. The molecule has 0 unspecified atom stereocenters. The third kappa shape index (κ3) is 5.76. The number of piperazine rings is 1. The van der Waals surface area contributed by atoms with Crippen molar-refractivity contribution in [1.82, 2.24) is 10.2 Å². The summed E-state index contributed by atoms with van der Waals surface area (Å²) in [4.78, 5) is 2.64. The lowest BCUT2D eigenvalue weighted by Crippen LogP contribution is -2.45. The van der Waals surface area contributed by atoms with Crippen LogP contribution in [0.15, 0.2) is 35.7 Å². The van der Waals surface area contributed by atoms with Gasteiger partial charge in [-0.25, -0.2) is 0 Å². The number of rotatable bonds is 3. The molecule has 1 saturated heterocycles. The summed E-state index contributed by atoms with van der Waals surface area (Å²) in [5, 5.41) is 4.91. The lowest BCUT2D eigenvalue weighted by molar-refractivity contribution is -0.143. The van der Waals surface area contributed by atoms with Crippen LogP contribution in [0.1, 0.15) is 27.6 Å². The molecule has 11 heteroatoms. The van der Waals surface area contributed by atoms with Crippen molar-refractivity contribution < 1.29 is 26.3 Å². The quantitative estimate of drug-likeness (QED) is 0.590. The molecule has 1 fully saturated rings. The molecule has 1 aromatic carbocycles. The Balaban J connectivity index is 0.00000196. The average molecular weight is 467 g/mol. The molecule has 0 amide bonds. The molecular weight excluding hydrogens is 449 g/mol. The van der Waals surface area contributed by atoms with E-state index in [9.17, 15) is 26.3 Å². The molecule has 28 heavy (non-hydrogen) atoms. The normalized spacial score (nSPS) is 16.8. The second kappa shape index (κ2) is 9.67. The van der Waals surface area contributed by atoms with Crippen molar-refractivity contribution in [2.45, 2.75) is 18.4 Å².